The number of carbonyl (C=O) groups is 1. The summed E-state index contributed by atoms with van der Waals surface area (Å²) in [5, 5.41) is 10.1. The van der Waals surface area contributed by atoms with Gasteiger partial charge in [0.2, 0.25) is 0 Å². The molecule has 0 saturated heterocycles. The van der Waals surface area contributed by atoms with Crippen molar-refractivity contribution in [1.82, 2.24) is 15.2 Å². The molecule has 2 heterocycles. The van der Waals surface area contributed by atoms with Gasteiger partial charge in [-0.25, -0.2) is 10.8 Å². The number of nitrogens with zero attached hydrogens (tertiary/aromatic N) is 3. The first-order chi connectivity index (χ1) is 8.70. The molecule has 0 atom stereocenters. The van der Waals surface area contributed by atoms with Crippen molar-refractivity contribution in [2.45, 2.75) is 0 Å². The van der Waals surface area contributed by atoms with Crippen LogP contribution in [0.25, 0.3) is 0 Å². The van der Waals surface area contributed by atoms with E-state index in [1.165, 1.54) is 12.3 Å². The highest BCUT2D eigenvalue weighted by Crippen LogP contribution is 2.17. The molecule has 0 unspecified atom stereocenters. The molecule has 2 rings (SSSR count). The summed E-state index contributed by atoms with van der Waals surface area (Å²) < 4.78 is 0. The lowest BCUT2D eigenvalue weighted by atomic mass is 10.3. The van der Waals surface area contributed by atoms with Gasteiger partial charge >= 0.3 is 0 Å². The molecule has 0 fully saturated rings. The van der Waals surface area contributed by atoms with Crippen molar-refractivity contribution >= 4 is 29.1 Å². The van der Waals surface area contributed by atoms with Crippen LogP contribution in [-0.2, 0) is 0 Å². The first kappa shape index (κ1) is 12.2. The molecule has 2 aromatic rings. The number of halogens is 1. The van der Waals surface area contributed by atoms with Crippen LogP contribution in [0.2, 0.25) is 5.02 Å². The maximum absolute atomic E-state index is 11.9. The summed E-state index contributed by atoms with van der Waals surface area (Å²) in [5.74, 6) is 5.37. The summed E-state index contributed by atoms with van der Waals surface area (Å²) in [7, 11) is 0. The summed E-state index contributed by atoms with van der Waals surface area (Å²) in [6.45, 7) is 0. The van der Waals surface area contributed by atoms with Gasteiger partial charge in [-0.2, -0.15) is 5.10 Å². The van der Waals surface area contributed by atoms with Crippen LogP contribution in [0, 0.1) is 0 Å². The molecule has 0 aliphatic heterocycles. The second kappa shape index (κ2) is 5.39. The molecule has 4 N–H and O–H groups in total. The zero-order chi connectivity index (χ0) is 13.0. The van der Waals surface area contributed by atoms with E-state index in [1.807, 2.05) is 0 Å². The molecule has 2 aromatic heterocycles. The molecule has 8 heteroatoms. The number of carbonyl (C=O) groups excluding carboxylic acids is 1. The number of hydrazine groups is 1. The summed E-state index contributed by atoms with van der Waals surface area (Å²) in [4.78, 5) is 15.9. The third-order valence-corrected chi connectivity index (χ3v) is 2.33. The molecular formula is C10H9ClN6O. The quantitative estimate of drug-likeness (QED) is 0.565. The largest absolute Gasteiger partial charge is 0.308 e. The second-order valence-electron chi connectivity index (χ2n) is 3.23. The molecule has 0 spiro atoms. The molecule has 92 valence electrons. The Labute approximate surface area is 107 Å². The fourth-order valence-electron chi connectivity index (χ4n) is 1.23. The summed E-state index contributed by atoms with van der Waals surface area (Å²) >= 11 is 5.89. The van der Waals surface area contributed by atoms with Crippen molar-refractivity contribution in [2.75, 3.05) is 10.7 Å². The van der Waals surface area contributed by atoms with Gasteiger partial charge in [-0.1, -0.05) is 11.6 Å². The number of rotatable bonds is 3. The highest BCUT2D eigenvalue weighted by atomic mass is 35.5. The van der Waals surface area contributed by atoms with E-state index >= 15 is 0 Å². The molecule has 0 bridgehead atoms. The van der Waals surface area contributed by atoms with Gasteiger partial charge in [-0.3, -0.25) is 4.79 Å². The van der Waals surface area contributed by atoms with E-state index in [0.717, 1.165) is 0 Å². The van der Waals surface area contributed by atoms with Crippen molar-refractivity contribution < 1.29 is 4.79 Å². The molecule has 0 saturated carbocycles. The Kier molecular flexibility index (Phi) is 3.66. The summed E-state index contributed by atoms with van der Waals surface area (Å²) in [5.41, 5.74) is 2.39. The number of aromatic nitrogens is 3. The van der Waals surface area contributed by atoms with Crippen LogP contribution >= 0.6 is 11.6 Å². The second-order valence-corrected chi connectivity index (χ2v) is 3.64. The minimum atomic E-state index is -0.488. The first-order valence-corrected chi connectivity index (χ1v) is 5.30. The highest BCUT2D eigenvalue weighted by molar-refractivity contribution is 6.34. The fourth-order valence-corrected chi connectivity index (χ4v) is 1.42. The number of nitrogens with one attached hydrogen (secondary N) is 2. The van der Waals surface area contributed by atoms with Crippen LogP contribution in [0.15, 0.2) is 30.5 Å². The predicted octanol–water partition coefficient (Wildman–Crippen LogP) is 1.06. The van der Waals surface area contributed by atoms with Gasteiger partial charge in [-0.05, 0) is 24.3 Å². The Morgan fingerprint density at radius 2 is 2.11 bits per heavy atom. The lowest BCUT2D eigenvalue weighted by molar-refractivity contribution is 0.102. The zero-order valence-corrected chi connectivity index (χ0v) is 9.85. The van der Waals surface area contributed by atoms with Crippen LogP contribution in [0.3, 0.4) is 0 Å². The number of amides is 1. The standard InChI is InChI=1S/C10H9ClN6O/c11-6-3-4-7(16-12)14-9(6)10(18)15-8-2-1-5-13-17-8/h1-5H,12H2,(H,14,16)(H,15,17,18). The van der Waals surface area contributed by atoms with Gasteiger partial charge in [0.25, 0.3) is 5.91 Å². The maximum atomic E-state index is 11.9. The summed E-state index contributed by atoms with van der Waals surface area (Å²) in [6.07, 6.45) is 1.50. The Balaban J connectivity index is 2.23. The van der Waals surface area contributed by atoms with E-state index < -0.39 is 5.91 Å². The Bertz CT molecular complexity index is 562. The lowest BCUT2D eigenvalue weighted by Gasteiger charge is -2.06. The molecule has 1 amide bonds. The molecule has 0 aliphatic carbocycles. The van der Waals surface area contributed by atoms with E-state index in [2.05, 4.69) is 25.9 Å². The summed E-state index contributed by atoms with van der Waals surface area (Å²) in [6, 6.07) is 6.33. The van der Waals surface area contributed by atoms with Gasteiger partial charge in [-0.15, -0.1) is 5.10 Å². The average molecular weight is 265 g/mol. The number of nitrogens with two attached hydrogens (primary N) is 1. The lowest BCUT2D eigenvalue weighted by Crippen LogP contribution is -2.17. The normalized spacial score (nSPS) is 9.89. The van der Waals surface area contributed by atoms with Crippen LogP contribution in [0.5, 0.6) is 0 Å². The fraction of sp³-hybridized carbons (Fsp3) is 0. The number of pyridine rings is 1. The van der Waals surface area contributed by atoms with E-state index in [0.29, 0.717) is 11.6 Å². The average Bonchev–Trinajstić information content (AvgIpc) is 2.40. The minimum absolute atomic E-state index is 0.0535. The molecule has 7 nitrogen and oxygen atoms in total. The van der Waals surface area contributed by atoms with Gasteiger partial charge < -0.3 is 10.7 Å². The topological polar surface area (TPSA) is 106 Å². The van der Waals surface area contributed by atoms with E-state index in [4.69, 9.17) is 17.4 Å². The monoisotopic (exact) mass is 264 g/mol. The molecular weight excluding hydrogens is 256 g/mol. The van der Waals surface area contributed by atoms with Crippen LogP contribution in [0.4, 0.5) is 11.6 Å². The number of hydrogen-bond donors (Lipinski definition) is 3. The Morgan fingerprint density at radius 3 is 2.78 bits per heavy atom. The number of hydrogen-bond acceptors (Lipinski definition) is 6. The Hall–Kier alpha value is -2.25. The smallest absolute Gasteiger partial charge is 0.277 e. The van der Waals surface area contributed by atoms with Crippen LogP contribution < -0.4 is 16.6 Å². The molecule has 0 aliphatic rings. The van der Waals surface area contributed by atoms with Gasteiger partial charge in [0.15, 0.2) is 5.82 Å². The third-order valence-electron chi connectivity index (χ3n) is 2.02. The number of anilines is 2. The number of nitrogen functional groups attached to an aromatic ring is 1. The Morgan fingerprint density at radius 1 is 1.28 bits per heavy atom. The van der Waals surface area contributed by atoms with Gasteiger partial charge in [0, 0.05) is 6.20 Å². The third kappa shape index (κ3) is 2.70. The van der Waals surface area contributed by atoms with Crippen molar-refractivity contribution in [3.8, 4) is 0 Å². The maximum Gasteiger partial charge on any atom is 0.277 e. The zero-order valence-electron chi connectivity index (χ0n) is 9.09. The van der Waals surface area contributed by atoms with E-state index in [-0.39, 0.29) is 10.7 Å². The van der Waals surface area contributed by atoms with E-state index in [1.54, 1.807) is 18.2 Å². The molecule has 18 heavy (non-hydrogen) atoms. The van der Waals surface area contributed by atoms with Crippen molar-refractivity contribution in [3.05, 3.63) is 41.2 Å². The first-order valence-electron chi connectivity index (χ1n) is 4.93. The highest BCUT2D eigenvalue weighted by Gasteiger charge is 2.13. The van der Waals surface area contributed by atoms with Crippen molar-refractivity contribution in [2.24, 2.45) is 5.84 Å². The minimum Gasteiger partial charge on any atom is -0.308 e. The van der Waals surface area contributed by atoms with Gasteiger partial charge in [0.05, 0.1) is 5.02 Å². The van der Waals surface area contributed by atoms with Crippen LogP contribution in [0.1, 0.15) is 10.5 Å². The van der Waals surface area contributed by atoms with Crippen molar-refractivity contribution in [1.29, 1.82) is 0 Å². The van der Waals surface area contributed by atoms with Gasteiger partial charge in [0.1, 0.15) is 11.5 Å². The molecule has 0 radical (unpaired) electrons. The van der Waals surface area contributed by atoms with Crippen molar-refractivity contribution in [3.63, 3.8) is 0 Å². The predicted molar refractivity (Wildman–Crippen MR) is 67.0 cm³/mol. The SMILES string of the molecule is NNc1ccc(Cl)c(C(=O)Nc2cccnn2)n1. The van der Waals surface area contributed by atoms with E-state index in [9.17, 15) is 4.79 Å². The molecule has 0 aromatic carbocycles. The van der Waals surface area contributed by atoms with Crippen LogP contribution in [-0.4, -0.2) is 21.1 Å².